The van der Waals surface area contributed by atoms with E-state index < -0.39 is 11.7 Å². The molecular weight excluding hydrogens is 329 g/mol. The van der Waals surface area contributed by atoms with E-state index in [1.165, 1.54) is 6.07 Å². The van der Waals surface area contributed by atoms with E-state index in [9.17, 15) is 13.2 Å². The third-order valence-electron chi connectivity index (χ3n) is 4.00. The van der Waals surface area contributed by atoms with Gasteiger partial charge in [0, 0.05) is 30.8 Å². The van der Waals surface area contributed by atoms with Crippen molar-refractivity contribution in [1.29, 1.82) is 0 Å². The molecule has 0 amide bonds. The number of halogens is 3. The average molecular weight is 354 g/mol. The van der Waals surface area contributed by atoms with Gasteiger partial charge in [0.15, 0.2) is 0 Å². The highest BCUT2D eigenvalue weighted by atomic mass is 19.4. The van der Waals surface area contributed by atoms with Crippen LogP contribution in [0.5, 0.6) is 0 Å². The number of nitrogens with one attached hydrogen (secondary N) is 1. The molecule has 0 unspecified atom stereocenters. The number of nitrogens with zero attached hydrogens (tertiary/aromatic N) is 2. The maximum Gasteiger partial charge on any atom is 0.416 e. The van der Waals surface area contributed by atoms with Crippen molar-refractivity contribution >= 4 is 0 Å². The van der Waals surface area contributed by atoms with E-state index in [0.717, 1.165) is 5.56 Å². The monoisotopic (exact) mass is 354 g/mol. The van der Waals surface area contributed by atoms with E-state index in [1.54, 1.807) is 18.3 Å². The molecule has 1 aromatic heterocycles. The van der Waals surface area contributed by atoms with Crippen LogP contribution in [0.25, 0.3) is 11.3 Å². The summed E-state index contributed by atoms with van der Waals surface area (Å²) in [5.74, 6) is 0.152. The molecule has 0 bridgehead atoms. The average Bonchev–Trinajstić information content (AvgIpc) is 2.94. The summed E-state index contributed by atoms with van der Waals surface area (Å²) in [6.07, 6.45) is -2.33. The molecule has 25 heavy (non-hydrogen) atoms. The molecule has 138 valence electrons. The first kappa shape index (κ1) is 19.5. The molecule has 4 nitrogen and oxygen atoms in total. The maximum absolute atomic E-state index is 13.5. The molecule has 0 atom stereocenters. The molecule has 0 saturated heterocycles. The summed E-state index contributed by atoms with van der Waals surface area (Å²) >= 11 is 0. The summed E-state index contributed by atoms with van der Waals surface area (Å²) < 4.78 is 40.5. The molecule has 0 aliphatic heterocycles. The SMILES string of the molecule is CC(C)Cc1ccc(-c2[nH]ncc2CN(C)CCN)cc1C(F)(F)F. The Hall–Kier alpha value is -1.86. The van der Waals surface area contributed by atoms with Crippen LogP contribution in [0.2, 0.25) is 0 Å². The smallest absolute Gasteiger partial charge is 0.329 e. The Morgan fingerprint density at radius 1 is 1.24 bits per heavy atom. The normalized spacial score (nSPS) is 12.4. The molecule has 2 rings (SSSR count). The molecule has 0 fully saturated rings. The number of benzene rings is 1. The highest BCUT2D eigenvalue weighted by Gasteiger charge is 2.34. The molecular formula is C18H25F3N4. The lowest BCUT2D eigenvalue weighted by atomic mass is 9.94. The molecule has 3 N–H and O–H groups in total. The maximum atomic E-state index is 13.5. The topological polar surface area (TPSA) is 57.9 Å². The molecule has 1 heterocycles. The standard InChI is InChI=1S/C18H25F3N4/c1-12(2)8-13-4-5-14(9-16(13)18(19,20)21)17-15(10-23-24-17)11-25(3)7-6-22/h4-5,9-10,12H,6-8,11,22H2,1-3H3,(H,23,24). The Morgan fingerprint density at radius 2 is 1.96 bits per heavy atom. The Labute approximate surface area is 146 Å². The fourth-order valence-corrected chi connectivity index (χ4v) is 2.88. The predicted molar refractivity (Wildman–Crippen MR) is 93.0 cm³/mol. The summed E-state index contributed by atoms with van der Waals surface area (Å²) in [7, 11) is 1.91. The lowest BCUT2D eigenvalue weighted by Crippen LogP contribution is -2.25. The number of hydrogen-bond acceptors (Lipinski definition) is 3. The van der Waals surface area contributed by atoms with Crippen LogP contribution in [0.3, 0.4) is 0 Å². The van der Waals surface area contributed by atoms with E-state index >= 15 is 0 Å². The summed E-state index contributed by atoms with van der Waals surface area (Å²) in [4.78, 5) is 2.01. The van der Waals surface area contributed by atoms with Crippen molar-refractivity contribution in [3.63, 3.8) is 0 Å². The zero-order chi connectivity index (χ0) is 18.6. The van der Waals surface area contributed by atoms with Crippen LogP contribution in [0.15, 0.2) is 24.4 Å². The zero-order valence-corrected chi connectivity index (χ0v) is 14.8. The van der Waals surface area contributed by atoms with Gasteiger partial charge in [-0.2, -0.15) is 18.3 Å². The second kappa shape index (κ2) is 8.01. The predicted octanol–water partition coefficient (Wildman–Crippen LogP) is 3.68. The quantitative estimate of drug-likeness (QED) is 0.797. The third kappa shape index (κ3) is 5.06. The van der Waals surface area contributed by atoms with E-state index in [0.29, 0.717) is 42.9 Å². The fraction of sp³-hybridized carbons (Fsp3) is 0.500. The van der Waals surface area contributed by atoms with E-state index in [2.05, 4.69) is 10.2 Å². The van der Waals surface area contributed by atoms with E-state index in [-0.39, 0.29) is 5.92 Å². The summed E-state index contributed by atoms with van der Waals surface area (Å²) in [5.41, 5.74) is 7.25. The first-order valence-electron chi connectivity index (χ1n) is 8.33. The molecule has 7 heteroatoms. The van der Waals surface area contributed by atoms with Crippen molar-refractivity contribution in [2.75, 3.05) is 20.1 Å². The summed E-state index contributed by atoms with van der Waals surface area (Å²) in [6.45, 7) is 5.61. The van der Waals surface area contributed by atoms with Crippen LogP contribution >= 0.6 is 0 Å². The van der Waals surface area contributed by atoms with Crippen LogP contribution in [0.1, 0.15) is 30.5 Å². The fourth-order valence-electron chi connectivity index (χ4n) is 2.88. The Kier molecular flexibility index (Phi) is 6.24. The van der Waals surface area contributed by atoms with Gasteiger partial charge >= 0.3 is 6.18 Å². The second-order valence-electron chi connectivity index (χ2n) is 6.76. The lowest BCUT2D eigenvalue weighted by molar-refractivity contribution is -0.138. The number of rotatable bonds is 7. The lowest BCUT2D eigenvalue weighted by Gasteiger charge is -2.17. The molecule has 0 saturated carbocycles. The van der Waals surface area contributed by atoms with Gasteiger partial charge in [0.05, 0.1) is 17.5 Å². The number of hydrogen-bond donors (Lipinski definition) is 2. The number of aromatic nitrogens is 2. The molecule has 0 aliphatic carbocycles. The molecule has 1 aromatic carbocycles. The van der Waals surface area contributed by atoms with E-state index in [4.69, 9.17) is 5.73 Å². The van der Waals surface area contributed by atoms with Crippen LogP contribution in [0, 0.1) is 5.92 Å². The van der Waals surface area contributed by atoms with E-state index in [1.807, 2.05) is 25.8 Å². The molecule has 0 radical (unpaired) electrons. The first-order chi connectivity index (χ1) is 11.7. The van der Waals surface area contributed by atoms with Crippen molar-refractivity contribution in [2.45, 2.75) is 33.0 Å². The highest BCUT2D eigenvalue weighted by Crippen LogP contribution is 2.36. The van der Waals surface area contributed by atoms with Crippen molar-refractivity contribution in [2.24, 2.45) is 11.7 Å². The van der Waals surface area contributed by atoms with Crippen LogP contribution in [-0.2, 0) is 19.1 Å². The minimum absolute atomic E-state index is 0.152. The third-order valence-corrected chi connectivity index (χ3v) is 4.00. The van der Waals surface area contributed by atoms with Crippen molar-refractivity contribution in [3.8, 4) is 11.3 Å². The van der Waals surface area contributed by atoms with Gasteiger partial charge in [-0.05, 0) is 31.0 Å². The van der Waals surface area contributed by atoms with Gasteiger partial charge in [0.2, 0.25) is 0 Å². The van der Waals surface area contributed by atoms with Crippen LogP contribution in [0.4, 0.5) is 13.2 Å². The van der Waals surface area contributed by atoms with Gasteiger partial charge in [-0.25, -0.2) is 0 Å². The number of H-pyrrole nitrogens is 1. The van der Waals surface area contributed by atoms with Gasteiger partial charge in [-0.1, -0.05) is 26.0 Å². The van der Waals surface area contributed by atoms with Crippen LogP contribution < -0.4 is 5.73 Å². The summed E-state index contributed by atoms with van der Waals surface area (Å²) in [6, 6.07) is 4.52. The van der Waals surface area contributed by atoms with Gasteiger partial charge in [-0.15, -0.1) is 0 Å². The Balaban J connectivity index is 2.39. The minimum atomic E-state index is -4.38. The number of aromatic amines is 1. The van der Waals surface area contributed by atoms with Crippen molar-refractivity contribution in [1.82, 2.24) is 15.1 Å². The number of alkyl halides is 3. The van der Waals surface area contributed by atoms with Crippen LogP contribution in [-0.4, -0.2) is 35.2 Å². The largest absolute Gasteiger partial charge is 0.416 e. The Morgan fingerprint density at radius 3 is 2.56 bits per heavy atom. The van der Waals surface area contributed by atoms with Crippen molar-refractivity contribution in [3.05, 3.63) is 41.1 Å². The highest BCUT2D eigenvalue weighted by molar-refractivity contribution is 5.64. The molecule has 0 spiro atoms. The molecule has 0 aliphatic rings. The minimum Gasteiger partial charge on any atom is -0.329 e. The number of likely N-dealkylation sites (N-methyl/N-ethyl adjacent to an activating group) is 1. The van der Waals surface area contributed by atoms with Gasteiger partial charge in [-0.3, -0.25) is 5.10 Å². The summed E-state index contributed by atoms with van der Waals surface area (Å²) in [5, 5.41) is 6.84. The Bertz CT molecular complexity index is 692. The second-order valence-corrected chi connectivity index (χ2v) is 6.76. The van der Waals surface area contributed by atoms with Crippen molar-refractivity contribution < 1.29 is 13.2 Å². The number of nitrogens with two attached hydrogens (primary N) is 1. The van der Waals surface area contributed by atoms with Gasteiger partial charge in [0.25, 0.3) is 0 Å². The first-order valence-corrected chi connectivity index (χ1v) is 8.33. The molecule has 2 aromatic rings. The van der Waals surface area contributed by atoms with Gasteiger partial charge < -0.3 is 10.6 Å². The zero-order valence-electron chi connectivity index (χ0n) is 14.8. The van der Waals surface area contributed by atoms with Gasteiger partial charge in [0.1, 0.15) is 0 Å².